The number of carboxylic acids is 1. The van der Waals surface area contributed by atoms with Crippen LogP contribution in [-0.4, -0.2) is 43.9 Å². The number of hydrogen-bond donors (Lipinski definition) is 3. The van der Waals surface area contributed by atoms with Gasteiger partial charge < -0.3 is 14.8 Å². The van der Waals surface area contributed by atoms with Crippen LogP contribution in [0.5, 0.6) is 0 Å². The number of aromatic nitrogens is 1. The molecule has 3 N–H and O–H groups in total. The van der Waals surface area contributed by atoms with Crippen molar-refractivity contribution in [2.24, 2.45) is 0 Å². The fourth-order valence-electron chi connectivity index (χ4n) is 1.25. The van der Waals surface area contributed by atoms with Gasteiger partial charge in [0.15, 0.2) is 0 Å². The van der Waals surface area contributed by atoms with Crippen LogP contribution in [0, 0.1) is 6.92 Å². The van der Waals surface area contributed by atoms with E-state index >= 15 is 0 Å². The van der Waals surface area contributed by atoms with Crippen LogP contribution in [0.15, 0.2) is 6.07 Å². The molecule has 0 radical (unpaired) electrons. The van der Waals surface area contributed by atoms with E-state index in [2.05, 4.69) is 14.4 Å². The lowest BCUT2D eigenvalue weighted by Gasteiger charge is -2.06. The summed E-state index contributed by atoms with van der Waals surface area (Å²) in [6.45, 7) is 1.68. The number of aryl methyl sites for hydroxylation is 1. The molecule has 0 amide bonds. The van der Waals surface area contributed by atoms with E-state index in [4.69, 9.17) is 5.11 Å². The van der Waals surface area contributed by atoms with Crippen molar-refractivity contribution in [2.75, 3.05) is 24.2 Å². The molecule has 1 rings (SSSR count). The Morgan fingerprint density at radius 2 is 2.24 bits per heavy atom. The number of rotatable bonds is 6. The SMILES string of the molecule is COCCS(=O)(=O)Nc1cc(C)[nH]c1C(=O)O. The first-order chi connectivity index (χ1) is 7.85. The summed E-state index contributed by atoms with van der Waals surface area (Å²) in [6.07, 6.45) is 0. The van der Waals surface area contributed by atoms with Gasteiger partial charge in [0.2, 0.25) is 10.0 Å². The standard InChI is InChI=1S/C9H14N2O5S/c1-6-5-7(8(10-6)9(12)13)11-17(14,15)4-3-16-2/h5,10-11H,3-4H2,1-2H3,(H,12,13). The molecule has 0 bridgehead atoms. The van der Waals surface area contributed by atoms with Crippen LogP contribution in [0.1, 0.15) is 16.2 Å². The zero-order chi connectivity index (χ0) is 13.1. The van der Waals surface area contributed by atoms with Gasteiger partial charge in [-0.1, -0.05) is 0 Å². The van der Waals surface area contributed by atoms with E-state index in [0.29, 0.717) is 5.69 Å². The highest BCUT2D eigenvalue weighted by Crippen LogP contribution is 2.18. The summed E-state index contributed by atoms with van der Waals surface area (Å²) in [5, 5.41) is 8.86. The van der Waals surface area contributed by atoms with E-state index in [0.717, 1.165) is 0 Å². The summed E-state index contributed by atoms with van der Waals surface area (Å²) >= 11 is 0. The molecule has 0 fully saturated rings. The number of methoxy groups -OCH3 is 1. The maximum absolute atomic E-state index is 11.5. The van der Waals surface area contributed by atoms with Gasteiger partial charge in [0.1, 0.15) is 5.69 Å². The minimum Gasteiger partial charge on any atom is -0.477 e. The van der Waals surface area contributed by atoms with Crippen LogP contribution in [-0.2, 0) is 14.8 Å². The van der Waals surface area contributed by atoms with Crippen molar-refractivity contribution in [3.05, 3.63) is 17.5 Å². The Bertz CT molecular complexity index is 505. The number of H-pyrrole nitrogens is 1. The average Bonchev–Trinajstić information content (AvgIpc) is 2.56. The summed E-state index contributed by atoms with van der Waals surface area (Å²) < 4.78 is 29.9. The lowest BCUT2D eigenvalue weighted by molar-refractivity contribution is 0.0692. The lowest BCUT2D eigenvalue weighted by atomic mass is 10.4. The van der Waals surface area contributed by atoms with E-state index < -0.39 is 16.0 Å². The van der Waals surface area contributed by atoms with Crippen molar-refractivity contribution >= 4 is 21.7 Å². The maximum atomic E-state index is 11.5. The third-order valence-corrected chi connectivity index (χ3v) is 3.22. The molecule has 7 nitrogen and oxygen atoms in total. The molecule has 0 saturated heterocycles. The van der Waals surface area contributed by atoms with Gasteiger partial charge in [-0.05, 0) is 13.0 Å². The smallest absolute Gasteiger partial charge is 0.354 e. The summed E-state index contributed by atoms with van der Waals surface area (Å²) in [7, 11) is -2.21. The number of nitrogens with one attached hydrogen (secondary N) is 2. The predicted octanol–water partition coefficient (Wildman–Crippen LogP) is 0.409. The fourth-order valence-corrected chi connectivity index (χ4v) is 2.23. The zero-order valence-electron chi connectivity index (χ0n) is 9.48. The summed E-state index contributed by atoms with van der Waals surface area (Å²) in [6, 6.07) is 1.42. The van der Waals surface area contributed by atoms with Crippen LogP contribution in [0.2, 0.25) is 0 Å². The molecule has 1 aromatic rings. The minimum atomic E-state index is -3.60. The third kappa shape index (κ3) is 3.75. The second kappa shape index (κ2) is 5.19. The van der Waals surface area contributed by atoms with Gasteiger partial charge in [0.05, 0.1) is 18.0 Å². The molecule has 0 aliphatic carbocycles. The van der Waals surface area contributed by atoms with Crippen molar-refractivity contribution in [2.45, 2.75) is 6.92 Å². The van der Waals surface area contributed by atoms with Gasteiger partial charge in [0.25, 0.3) is 0 Å². The van der Waals surface area contributed by atoms with Crippen LogP contribution >= 0.6 is 0 Å². The number of aromatic amines is 1. The Morgan fingerprint density at radius 1 is 1.59 bits per heavy atom. The van der Waals surface area contributed by atoms with E-state index in [-0.39, 0.29) is 23.7 Å². The Hall–Kier alpha value is -1.54. The molecule has 0 unspecified atom stereocenters. The van der Waals surface area contributed by atoms with Gasteiger partial charge >= 0.3 is 5.97 Å². The Balaban J connectivity index is 2.91. The second-order valence-electron chi connectivity index (χ2n) is 3.46. The molecule has 1 aromatic heterocycles. The first kappa shape index (κ1) is 13.5. The Morgan fingerprint density at radius 3 is 2.76 bits per heavy atom. The first-order valence-electron chi connectivity index (χ1n) is 4.78. The highest BCUT2D eigenvalue weighted by Gasteiger charge is 2.18. The average molecular weight is 262 g/mol. The number of ether oxygens (including phenoxy) is 1. The topological polar surface area (TPSA) is 108 Å². The maximum Gasteiger partial charge on any atom is 0.354 e. The van der Waals surface area contributed by atoms with Gasteiger partial charge in [-0.2, -0.15) is 0 Å². The van der Waals surface area contributed by atoms with E-state index in [1.165, 1.54) is 13.2 Å². The van der Waals surface area contributed by atoms with E-state index in [1.54, 1.807) is 6.92 Å². The molecule has 0 aliphatic heterocycles. The molecule has 17 heavy (non-hydrogen) atoms. The second-order valence-corrected chi connectivity index (χ2v) is 5.30. The van der Waals surface area contributed by atoms with Gasteiger partial charge in [0, 0.05) is 12.8 Å². The Labute approximate surface area is 98.8 Å². The molecule has 0 aromatic carbocycles. The minimum absolute atomic E-state index is 0.0334. The molecule has 0 spiro atoms. The first-order valence-corrected chi connectivity index (χ1v) is 6.43. The van der Waals surface area contributed by atoms with E-state index in [9.17, 15) is 13.2 Å². The van der Waals surface area contributed by atoms with Crippen molar-refractivity contribution in [1.29, 1.82) is 0 Å². The van der Waals surface area contributed by atoms with Gasteiger partial charge in [-0.15, -0.1) is 0 Å². The highest BCUT2D eigenvalue weighted by molar-refractivity contribution is 7.92. The Kier molecular flexibility index (Phi) is 4.13. The predicted molar refractivity (Wildman–Crippen MR) is 61.8 cm³/mol. The van der Waals surface area contributed by atoms with E-state index in [1.807, 2.05) is 0 Å². The van der Waals surface area contributed by atoms with Crippen LogP contribution in [0.4, 0.5) is 5.69 Å². The van der Waals surface area contributed by atoms with Gasteiger partial charge in [-0.25, -0.2) is 13.2 Å². The fraction of sp³-hybridized carbons (Fsp3) is 0.444. The number of carbonyl (C=O) groups is 1. The molecular formula is C9H14N2O5S. The number of aromatic carboxylic acids is 1. The number of sulfonamides is 1. The number of hydrogen-bond acceptors (Lipinski definition) is 4. The molecule has 1 heterocycles. The van der Waals surface area contributed by atoms with Gasteiger partial charge in [-0.3, -0.25) is 4.72 Å². The summed E-state index contributed by atoms with van der Waals surface area (Å²) in [4.78, 5) is 13.4. The molecule has 96 valence electrons. The summed E-state index contributed by atoms with van der Waals surface area (Å²) in [5.41, 5.74) is 0.418. The molecule has 0 saturated carbocycles. The number of carboxylic acid groups (broad SMARTS) is 1. The van der Waals surface area contributed by atoms with Crippen molar-refractivity contribution < 1.29 is 23.1 Å². The molecule has 8 heteroatoms. The largest absolute Gasteiger partial charge is 0.477 e. The lowest BCUT2D eigenvalue weighted by Crippen LogP contribution is -2.20. The van der Waals surface area contributed by atoms with Crippen molar-refractivity contribution in [3.8, 4) is 0 Å². The normalized spacial score (nSPS) is 11.4. The monoisotopic (exact) mass is 262 g/mol. The van der Waals surface area contributed by atoms with Crippen LogP contribution < -0.4 is 4.72 Å². The molecular weight excluding hydrogens is 248 g/mol. The van der Waals surface area contributed by atoms with Crippen molar-refractivity contribution in [1.82, 2.24) is 4.98 Å². The third-order valence-electron chi connectivity index (χ3n) is 1.99. The van der Waals surface area contributed by atoms with Crippen LogP contribution in [0.3, 0.4) is 0 Å². The quantitative estimate of drug-likeness (QED) is 0.688. The zero-order valence-corrected chi connectivity index (χ0v) is 10.3. The summed E-state index contributed by atoms with van der Waals surface area (Å²) in [5.74, 6) is -1.45. The molecule has 0 atom stereocenters. The number of anilines is 1. The highest BCUT2D eigenvalue weighted by atomic mass is 32.2. The van der Waals surface area contributed by atoms with Crippen LogP contribution in [0.25, 0.3) is 0 Å². The molecule has 0 aliphatic rings. The van der Waals surface area contributed by atoms with Crippen molar-refractivity contribution in [3.63, 3.8) is 0 Å².